The van der Waals surface area contributed by atoms with Crippen LogP contribution in [-0.4, -0.2) is 26.9 Å². The molecule has 2 N–H and O–H groups in total. The summed E-state index contributed by atoms with van der Waals surface area (Å²) >= 11 is 0. The van der Waals surface area contributed by atoms with Crippen molar-refractivity contribution in [2.75, 3.05) is 0 Å². The van der Waals surface area contributed by atoms with Gasteiger partial charge < -0.3 is 10.5 Å². The molecule has 5 nitrogen and oxygen atoms in total. The number of hydrogen-bond donors (Lipinski definition) is 1. The van der Waals surface area contributed by atoms with Crippen LogP contribution in [0.1, 0.15) is 33.6 Å². The Hall–Kier alpha value is -1.36. The molecule has 1 atom stereocenters. The van der Waals surface area contributed by atoms with Gasteiger partial charge in [-0.3, -0.25) is 4.68 Å². The second-order valence-electron chi connectivity index (χ2n) is 6.02. The zero-order valence-electron chi connectivity index (χ0n) is 11.2. The van der Waals surface area contributed by atoms with Crippen LogP contribution in [0.3, 0.4) is 0 Å². The zero-order valence-corrected chi connectivity index (χ0v) is 11.2. The Balaban J connectivity index is 2.13. The summed E-state index contributed by atoms with van der Waals surface area (Å²) in [6.07, 6.45) is 5.46. The SMILES string of the molecule is CC(C)(C)OC(=O)C(N)(Cn1cccn1)C1CC1. The van der Waals surface area contributed by atoms with E-state index in [2.05, 4.69) is 5.10 Å². The first-order valence-corrected chi connectivity index (χ1v) is 6.31. The quantitative estimate of drug-likeness (QED) is 0.820. The number of aromatic nitrogens is 2. The van der Waals surface area contributed by atoms with Gasteiger partial charge in [0.2, 0.25) is 0 Å². The summed E-state index contributed by atoms with van der Waals surface area (Å²) in [6, 6.07) is 1.82. The second kappa shape index (κ2) is 4.39. The highest BCUT2D eigenvalue weighted by Crippen LogP contribution is 2.40. The topological polar surface area (TPSA) is 70.1 Å². The van der Waals surface area contributed by atoms with Gasteiger partial charge in [0, 0.05) is 12.4 Å². The van der Waals surface area contributed by atoms with Crippen LogP contribution in [0, 0.1) is 5.92 Å². The highest BCUT2D eigenvalue weighted by molar-refractivity contribution is 5.81. The van der Waals surface area contributed by atoms with Crippen molar-refractivity contribution in [3.63, 3.8) is 0 Å². The zero-order chi connectivity index (χ0) is 13.4. The molecule has 0 radical (unpaired) electrons. The summed E-state index contributed by atoms with van der Waals surface area (Å²) in [6.45, 7) is 5.93. The van der Waals surface area contributed by atoms with Gasteiger partial charge in [-0.25, -0.2) is 4.79 Å². The molecule has 1 heterocycles. The summed E-state index contributed by atoms with van der Waals surface area (Å²) < 4.78 is 7.14. The van der Waals surface area contributed by atoms with E-state index in [1.807, 2.05) is 33.0 Å². The molecule has 0 bridgehead atoms. The van der Waals surface area contributed by atoms with Gasteiger partial charge in [0.1, 0.15) is 11.1 Å². The number of carbonyl (C=O) groups is 1. The summed E-state index contributed by atoms with van der Waals surface area (Å²) in [5.41, 5.74) is 4.84. The van der Waals surface area contributed by atoms with E-state index in [9.17, 15) is 4.79 Å². The van der Waals surface area contributed by atoms with Crippen LogP contribution in [0.5, 0.6) is 0 Å². The first kappa shape index (κ1) is 13.1. The van der Waals surface area contributed by atoms with Crippen LogP contribution < -0.4 is 5.73 Å². The van der Waals surface area contributed by atoms with Crippen LogP contribution in [-0.2, 0) is 16.1 Å². The molecule has 0 spiro atoms. The van der Waals surface area contributed by atoms with E-state index in [1.165, 1.54) is 0 Å². The van der Waals surface area contributed by atoms with E-state index in [-0.39, 0.29) is 11.9 Å². The largest absolute Gasteiger partial charge is 0.459 e. The average Bonchev–Trinajstić information content (AvgIpc) is 2.97. The number of ether oxygens (including phenoxy) is 1. The van der Waals surface area contributed by atoms with Crippen LogP contribution in [0.2, 0.25) is 0 Å². The predicted molar refractivity (Wildman–Crippen MR) is 67.7 cm³/mol. The van der Waals surface area contributed by atoms with E-state index >= 15 is 0 Å². The van der Waals surface area contributed by atoms with Crippen molar-refractivity contribution >= 4 is 5.97 Å². The van der Waals surface area contributed by atoms with Crippen molar-refractivity contribution in [2.45, 2.75) is 51.3 Å². The lowest BCUT2D eigenvalue weighted by atomic mass is 9.94. The maximum absolute atomic E-state index is 12.3. The number of carbonyl (C=O) groups excluding carboxylic acids is 1. The van der Waals surface area contributed by atoms with Gasteiger partial charge in [0.15, 0.2) is 0 Å². The molecule has 1 aliphatic rings. The van der Waals surface area contributed by atoms with Gasteiger partial charge in [0.25, 0.3) is 0 Å². The standard InChI is InChI=1S/C13H21N3O2/c1-12(2,3)18-11(17)13(14,10-5-6-10)9-16-8-4-7-15-16/h4,7-8,10H,5-6,9,14H2,1-3H3. The molecule has 2 rings (SSSR count). The Morgan fingerprint density at radius 1 is 1.50 bits per heavy atom. The summed E-state index contributed by atoms with van der Waals surface area (Å²) in [5, 5.41) is 4.12. The molecular formula is C13H21N3O2. The molecule has 100 valence electrons. The summed E-state index contributed by atoms with van der Waals surface area (Å²) in [5.74, 6) is -0.121. The minimum absolute atomic E-state index is 0.205. The van der Waals surface area contributed by atoms with Gasteiger partial charge in [-0.1, -0.05) is 0 Å². The van der Waals surface area contributed by atoms with Crippen molar-refractivity contribution in [3.8, 4) is 0 Å². The number of rotatable bonds is 4. The monoisotopic (exact) mass is 251 g/mol. The maximum Gasteiger partial charge on any atom is 0.328 e. The van der Waals surface area contributed by atoms with Gasteiger partial charge in [0.05, 0.1) is 6.54 Å². The third-order valence-corrected chi connectivity index (χ3v) is 3.07. The predicted octanol–water partition coefficient (Wildman–Crippen LogP) is 1.33. The smallest absolute Gasteiger partial charge is 0.328 e. The van der Waals surface area contributed by atoms with Gasteiger partial charge in [-0.2, -0.15) is 5.10 Å². The molecule has 1 aromatic heterocycles. The fraction of sp³-hybridized carbons (Fsp3) is 0.692. The third kappa shape index (κ3) is 2.90. The lowest BCUT2D eigenvalue weighted by Crippen LogP contribution is -2.56. The van der Waals surface area contributed by atoms with Crippen LogP contribution in [0.4, 0.5) is 0 Å². The minimum Gasteiger partial charge on any atom is -0.459 e. The van der Waals surface area contributed by atoms with Crippen molar-refractivity contribution in [1.82, 2.24) is 9.78 Å². The van der Waals surface area contributed by atoms with Gasteiger partial charge in [-0.15, -0.1) is 0 Å². The molecule has 18 heavy (non-hydrogen) atoms. The minimum atomic E-state index is -0.959. The van der Waals surface area contributed by atoms with Gasteiger partial charge >= 0.3 is 5.97 Å². The lowest BCUT2D eigenvalue weighted by molar-refractivity contribution is -0.163. The molecule has 1 aromatic rings. The van der Waals surface area contributed by atoms with E-state index < -0.39 is 11.1 Å². The van der Waals surface area contributed by atoms with Crippen LogP contribution >= 0.6 is 0 Å². The molecule has 1 aliphatic carbocycles. The Bertz CT molecular complexity index is 418. The van der Waals surface area contributed by atoms with Crippen molar-refractivity contribution in [3.05, 3.63) is 18.5 Å². The van der Waals surface area contributed by atoms with Crippen molar-refractivity contribution in [1.29, 1.82) is 0 Å². The molecule has 1 fully saturated rings. The number of nitrogens with two attached hydrogens (primary N) is 1. The Morgan fingerprint density at radius 3 is 2.61 bits per heavy atom. The fourth-order valence-electron chi connectivity index (χ4n) is 1.99. The number of esters is 1. The highest BCUT2D eigenvalue weighted by Gasteiger charge is 2.50. The fourth-order valence-corrected chi connectivity index (χ4v) is 1.99. The highest BCUT2D eigenvalue weighted by atomic mass is 16.6. The Morgan fingerprint density at radius 2 is 2.17 bits per heavy atom. The average molecular weight is 251 g/mol. The molecule has 0 aliphatic heterocycles. The van der Waals surface area contributed by atoms with Crippen molar-refractivity contribution in [2.24, 2.45) is 11.7 Å². The maximum atomic E-state index is 12.3. The van der Waals surface area contributed by atoms with Crippen molar-refractivity contribution < 1.29 is 9.53 Å². The molecule has 1 saturated carbocycles. The van der Waals surface area contributed by atoms with E-state index in [0.29, 0.717) is 6.54 Å². The summed E-state index contributed by atoms with van der Waals surface area (Å²) in [7, 11) is 0. The second-order valence-corrected chi connectivity index (χ2v) is 6.02. The third-order valence-electron chi connectivity index (χ3n) is 3.07. The van der Waals surface area contributed by atoms with E-state index in [1.54, 1.807) is 10.9 Å². The Labute approximate surface area is 107 Å². The summed E-state index contributed by atoms with van der Waals surface area (Å²) in [4.78, 5) is 12.3. The number of hydrogen-bond acceptors (Lipinski definition) is 4. The van der Waals surface area contributed by atoms with Crippen LogP contribution in [0.15, 0.2) is 18.5 Å². The first-order chi connectivity index (χ1) is 8.31. The van der Waals surface area contributed by atoms with E-state index in [0.717, 1.165) is 12.8 Å². The molecule has 5 heteroatoms. The number of nitrogens with zero attached hydrogens (tertiary/aromatic N) is 2. The lowest BCUT2D eigenvalue weighted by Gasteiger charge is -2.31. The Kier molecular flexibility index (Phi) is 3.19. The molecule has 0 saturated heterocycles. The first-order valence-electron chi connectivity index (χ1n) is 6.31. The normalized spacial score (nSPS) is 19.3. The van der Waals surface area contributed by atoms with Gasteiger partial charge in [-0.05, 0) is 45.6 Å². The van der Waals surface area contributed by atoms with Crippen LogP contribution in [0.25, 0.3) is 0 Å². The molecular weight excluding hydrogens is 230 g/mol. The van der Waals surface area contributed by atoms with E-state index in [4.69, 9.17) is 10.5 Å². The molecule has 1 unspecified atom stereocenters. The molecule has 0 amide bonds. The molecule has 0 aromatic carbocycles.